The average molecular weight is 755 g/mol. The van der Waals surface area contributed by atoms with Gasteiger partial charge in [0.1, 0.15) is 36.2 Å². The molecule has 10 heteroatoms. The molecule has 0 radical (unpaired) electrons. The minimum Gasteiger partial charge on any atom is -0.491 e. The fourth-order valence-electron chi connectivity index (χ4n) is 5.75. The summed E-state index contributed by atoms with van der Waals surface area (Å²) in [5, 5.41) is 0.667. The number of carbonyl (C=O) groups excluding carboxylic acids is 1. The highest BCUT2D eigenvalue weighted by molar-refractivity contribution is 6.31. The maximum atomic E-state index is 13.0. The zero-order valence-corrected chi connectivity index (χ0v) is 31.8. The molecule has 276 valence electrons. The Hall–Kier alpha value is -5.02. The summed E-state index contributed by atoms with van der Waals surface area (Å²) in [7, 11) is 0. The molecule has 1 aliphatic rings. The second-order valence-corrected chi connectivity index (χ2v) is 13.4. The summed E-state index contributed by atoms with van der Waals surface area (Å²) < 4.78 is 23.4. The summed E-state index contributed by atoms with van der Waals surface area (Å²) in [6.45, 7) is 10.8. The monoisotopic (exact) mass is 753 g/mol. The Kier molecular flexibility index (Phi) is 14.2. The van der Waals surface area contributed by atoms with E-state index in [2.05, 4.69) is 34.1 Å². The topological polar surface area (TPSA) is 73.4 Å². The van der Waals surface area contributed by atoms with Crippen LogP contribution in [0.15, 0.2) is 115 Å². The number of ether oxygens (including phenoxy) is 4. The maximum absolute atomic E-state index is 13.0. The van der Waals surface area contributed by atoms with Gasteiger partial charge in [-0.25, -0.2) is 4.98 Å². The van der Waals surface area contributed by atoms with Crippen molar-refractivity contribution in [2.45, 2.75) is 46.6 Å². The Bertz CT molecular complexity index is 1940. The van der Waals surface area contributed by atoms with E-state index in [1.807, 2.05) is 105 Å². The van der Waals surface area contributed by atoms with E-state index in [4.69, 9.17) is 30.5 Å². The number of pyridine rings is 1. The van der Waals surface area contributed by atoms with Crippen molar-refractivity contribution >= 4 is 36.0 Å². The molecule has 0 N–H and O–H groups in total. The Balaban J connectivity index is 0.00000541. The molecule has 4 aromatic carbocycles. The van der Waals surface area contributed by atoms with E-state index in [9.17, 15) is 4.79 Å². The lowest BCUT2D eigenvalue weighted by Crippen LogP contribution is -2.47. The number of piperazine rings is 1. The van der Waals surface area contributed by atoms with Crippen LogP contribution >= 0.6 is 24.0 Å². The van der Waals surface area contributed by atoms with Gasteiger partial charge in [0.15, 0.2) is 0 Å². The maximum Gasteiger partial charge on any atom is 0.246 e. The summed E-state index contributed by atoms with van der Waals surface area (Å²) in [6.07, 6.45) is 5.31. The van der Waals surface area contributed by atoms with Gasteiger partial charge in [0, 0.05) is 55.5 Å². The van der Waals surface area contributed by atoms with Crippen LogP contribution in [0.3, 0.4) is 0 Å². The minimum atomic E-state index is 0. The van der Waals surface area contributed by atoms with Crippen LogP contribution in [-0.2, 0) is 24.6 Å². The molecule has 0 aliphatic carbocycles. The van der Waals surface area contributed by atoms with Crippen LogP contribution < -0.4 is 18.9 Å². The molecule has 0 unspecified atom stereocenters. The summed E-state index contributed by atoms with van der Waals surface area (Å²) >= 11 is 6.21. The smallest absolute Gasteiger partial charge is 0.246 e. The molecular weight excluding hydrogens is 709 g/mol. The highest BCUT2D eigenvalue weighted by Crippen LogP contribution is 2.26. The Labute approximate surface area is 323 Å². The molecule has 8 nitrogen and oxygen atoms in total. The van der Waals surface area contributed by atoms with E-state index in [1.54, 1.807) is 18.3 Å². The van der Waals surface area contributed by atoms with Crippen molar-refractivity contribution in [3.05, 3.63) is 148 Å². The molecule has 6 rings (SSSR count). The molecule has 0 atom stereocenters. The van der Waals surface area contributed by atoms with Crippen LogP contribution in [-0.4, -0.2) is 53.0 Å². The van der Waals surface area contributed by atoms with Crippen LogP contribution in [0.4, 0.5) is 0 Å². The van der Waals surface area contributed by atoms with Crippen molar-refractivity contribution in [2.75, 3.05) is 26.2 Å². The first-order chi connectivity index (χ1) is 25.3. The third-order valence-electron chi connectivity index (χ3n) is 8.64. The van der Waals surface area contributed by atoms with E-state index in [1.165, 1.54) is 5.56 Å². The Morgan fingerprint density at radius 2 is 1.45 bits per heavy atom. The fourth-order valence-corrected chi connectivity index (χ4v) is 5.94. The molecule has 5 aromatic rings. The van der Waals surface area contributed by atoms with E-state index in [-0.39, 0.29) is 24.4 Å². The molecule has 1 saturated heterocycles. The van der Waals surface area contributed by atoms with Gasteiger partial charge in [0.05, 0.1) is 12.3 Å². The number of hydrogen-bond donors (Lipinski definition) is 0. The van der Waals surface area contributed by atoms with Gasteiger partial charge in [-0.3, -0.25) is 9.69 Å². The predicted octanol–water partition coefficient (Wildman–Crippen LogP) is 9.56. The summed E-state index contributed by atoms with van der Waals surface area (Å²) in [5.74, 6) is 3.42. The van der Waals surface area contributed by atoms with Gasteiger partial charge >= 0.3 is 0 Å². The molecule has 1 amide bonds. The van der Waals surface area contributed by atoms with Gasteiger partial charge in [0.2, 0.25) is 11.8 Å². The van der Waals surface area contributed by atoms with E-state index >= 15 is 0 Å². The quantitative estimate of drug-likeness (QED) is 0.105. The lowest BCUT2D eigenvalue weighted by molar-refractivity contribution is -0.127. The molecule has 0 bridgehead atoms. The highest BCUT2D eigenvalue weighted by Gasteiger charge is 2.20. The van der Waals surface area contributed by atoms with Crippen molar-refractivity contribution in [3.8, 4) is 28.9 Å². The molecule has 53 heavy (non-hydrogen) atoms. The second kappa shape index (κ2) is 19.2. The number of aryl methyl sites for hydroxylation is 1. The third kappa shape index (κ3) is 11.7. The zero-order valence-electron chi connectivity index (χ0n) is 30.2. The highest BCUT2D eigenvalue weighted by atomic mass is 35.5. The van der Waals surface area contributed by atoms with E-state index in [0.717, 1.165) is 53.4 Å². The summed E-state index contributed by atoms with van der Waals surface area (Å²) in [6, 6.07) is 33.2. The number of rotatable bonds is 14. The lowest BCUT2D eigenvalue weighted by Gasteiger charge is -2.34. The van der Waals surface area contributed by atoms with Gasteiger partial charge in [-0.15, -0.1) is 12.4 Å². The van der Waals surface area contributed by atoms with Gasteiger partial charge < -0.3 is 23.8 Å². The molecule has 0 saturated carbocycles. The van der Waals surface area contributed by atoms with Gasteiger partial charge in [-0.1, -0.05) is 60.1 Å². The van der Waals surface area contributed by atoms with Gasteiger partial charge in [-0.2, -0.15) is 0 Å². The second-order valence-electron chi connectivity index (χ2n) is 13.0. The Morgan fingerprint density at radius 1 is 0.792 bits per heavy atom. The fraction of sp³-hybridized carbons (Fsp3) is 0.256. The average Bonchev–Trinajstić information content (AvgIpc) is 3.15. The lowest BCUT2D eigenvalue weighted by atomic mass is 10.1. The number of carbonyl (C=O) groups is 1. The first-order valence-corrected chi connectivity index (χ1v) is 17.9. The van der Waals surface area contributed by atoms with Crippen molar-refractivity contribution in [1.29, 1.82) is 0 Å². The summed E-state index contributed by atoms with van der Waals surface area (Å²) in [4.78, 5) is 21.7. The summed E-state index contributed by atoms with van der Waals surface area (Å²) in [5.41, 5.74) is 5.22. The molecule has 0 spiro atoms. The minimum absolute atomic E-state index is 0. The van der Waals surface area contributed by atoms with Crippen LogP contribution in [0.2, 0.25) is 5.02 Å². The first-order valence-electron chi connectivity index (χ1n) is 17.5. The molecule has 1 aliphatic heterocycles. The zero-order chi connectivity index (χ0) is 36.3. The van der Waals surface area contributed by atoms with Crippen LogP contribution in [0.1, 0.15) is 41.7 Å². The number of amides is 1. The van der Waals surface area contributed by atoms with Crippen molar-refractivity contribution in [1.82, 2.24) is 14.8 Å². The number of hydrogen-bond acceptors (Lipinski definition) is 7. The Morgan fingerprint density at radius 3 is 2.13 bits per heavy atom. The molecule has 1 fully saturated rings. The van der Waals surface area contributed by atoms with E-state index in [0.29, 0.717) is 48.7 Å². The standard InChI is InChI=1S/C43H44ClN3O5.ClH/c1-31(2)51-38-17-15-37(16-18-38)49-29-34-10-8-33(9-11-34)28-46-22-24-47(25-23-46)43(48)21-13-35-12-14-39(26-32(35)3)52-42-20-19-40(27-45-42)50-30-36-6-4-5-7-41(36)44;/h4-21,26-27,31H,22-25,28-30H2,1-3H3;1H/b21-13+;. The number of benzene rings is 4. The number of aromatic nitrogens is 1. The van der Waals surface area contributed by atoms with E-state index < -0.39 is 0 Å². The largest absolute Gasteiger partial charge is 0.491 e. The predicted molar refractivity (Wildman–Crippen MR) is 212 cm³/mol. The normalized spacial score (nSPS) is 13.1. The molecule has 1 aromatic heterocycles. The van der Waals surface area contributed by atoms with Crippen molar-refractivity contribution in [2.24, 2.45) is 0 Å². The van der Waals surface area contributed by atoms with Crippen LogP contribution in [0, 0.1) is 6.92 Å². The van der Waals surface area contributed by atoms with Crippen molar-refractivity contribution in [3.63, 3.8) is 0 Å². The third-order valence-corrected chi connectivity index (χ3v) is 9.01. The van der Waals surface area contributed by atoms with Gasteiger partial charge in [-0.05, 0) is 97.6 Å². The van der Waals surface area contributed by atoms with Crippen LogP contribution in [0.25, 0.3) is 6.08 Å². The number of halogens is 2. The van der Waals surface area contributed by atoms with Crippen LogP contribution in [0.5, 0.6) is 28.9 Å². The van der Waals surface area contributed by atoms with Crippen molar-refractivity contribution < 1.29 is 23.7 Å². The number of nitrogens with zero attached hydrogens (tertiary/aromatic N) is 3. The first kappa shape index (κ1) is 39.2. The molecule has 2 heterocycles. The van der Waals surface area contributed by atoms with Gasteiger partial charge in [0.25, 0.3) is 0 Å². The SMILES string of the molecule is Cc1cc(Oc2ccc(OCc3ccccc3Cl)cn2)ccc1/C=C/C(=O)N1CCN(Cc2ccc(COc3ccc(OC(C)C)cc3)cc2)CC1.Cl. The molecular formula is C43H45Cl2N3O5.